The minimum Gasteiger partial charge on any atom is -0.385 e. The van der Waals surface area contributed by atoms with Crippen molar-refractivity contribution in [2.45, 2.75) is 64.5 Å². The molecule has 1 atom stereocenters. The zero-order valence-corrected chi connectivity index (χ0v) is 18.1. The molecular weight excluding hydrogens is 340 g/mol. The number of ether oxygens (including phenoxy) is 2. The molecule has 0 spiro atoms. The Bertz CT molecular complexity index is 416. The number of nitrogens with zero attached hydrogens (tertiary/aromatic N) is 3. The molecule has 0 aromatic carbocycles. The summed E-state index contributed by atoms with van der Waals surface area (Å²) in [6, 6.07) is 0.617. The Morgan fingerprint density at radius 2 is 1.81 bits per heavy atom. The molecule has 0 aliphatic carbocycles. The SMILES string of the molecule is CN=C(NCC(CC(C)C)N1CCCC1)N1CCC(OCCCOC)CC1. The fourth-order valence-electron chi connectivity index (χ4n) is 4.24. The highest BCUT2D eigenvalue weighted by Gasteiger charge is 2.25. The van der Waals surface area contributed by atoms with E-state index in [1.807, 2.05) is 7.05 Å². The molecule has 6 heteroatoms. The summed E-state index contributed by atoms with van der Waals surface area (Å²) in [6.45, 7) is 11.8. The van der Waals surface area contributed by atoms with Crippen LogP contribution in [0.5, 0.6) is 0 Å². The summed E-state index contributed by atoms with van der Waals surface area (Å²) in [5.74, 6) is 1.78. The van der Waals surface area contributed by atoms with Gasteiger partial charge in [0.1, 0.15) is 0 Å². The van der Waals surface area contributed by atoms with E-state index in [1.165, 1.54) is 32.4 Å². The van der Waals surface area contributed by atoms with Crippen molar-refractivity contribution in [3.8, 4) is 0 Å². The van der Waals surface area contributed by atoms with Crippen LogP contribution in [-0.2, 0) is 9.47 Å². The van der Waals surface area contributed by atoms with Crippen LogP contribution in [0.3, 0.4) is 0 Å². The summed E-state index contributed by atoms with van der Waals surface area (Å²) in [5, 5.41) is 3.67. The largest absolute Gasteiger partial charge is 0.385 e. The Morgan fingerprint density at radius 1 is 1.11 bits per heavy atom. The first-order chi connectivity index (χ1) is 13.1. The van der Waals surface area contributed by atoms with Crippen LogP contribution in [0.2, 0.25) is 0 Å². The van der Waals surface area contributed by atoms with E-state index in [4.69, 9.17) is 9.47 Å². The van der Waals surface area contributed by atoms with Crippen LogP contribution in [0.1, 0.15) is 52.4 Å². The maximum absolute atomic E-state index is 5.98. The van der Waals surface area contributed by atoms with Gasteiger partial charge in [0.05, 0.1) is 6.10 Å². The second-order valence-corrected chi connectivity index (χ2v) is 8.36. The van der Waals surface area contributed by atoms with Crippen molar-refractivity contribution >= 4 is 5.96 Å². The van der Waals surface area contributed by atoms with E-state index in [-0.39, 0.29) is 0 Å². The molecule has 0 aromatic rings. The number of hydrogen-bond donors (Lipinski definition) is 1. The van der Waals surface area contributed by atoms with Crippen LogP contribution in [0.4, 0.5) is 0 Å². The van der Waals surface area contributed by atoms with Crippen molar-refractivity contribution in [1.82, 2.24) is 15.1 Å². The smallest absolute Gasteiger partial charge is 0.193 e. The molecule has 2 fully saturated rings. The average molecular weight is 383 g/mol. The maximum atomic E-state index is 5.98. The number of aliphatic imine (C=N–C) groups is 1. The third-order valence-corrected chi connectivity index (χ3v) is 5.70. The molecule has 1 unspecified atom stereocenters. The lowest BCUT2D eigenvalue weighted by Crippen LogP contribution is -2.51. The molecule has 1 N–H and O–H groups in total. The van der Waals surface area contributed by atoms with Gasteiger partial charge in [0.2, 0.25) is 0 Å². The molecule has 0 bridgehead atoms. The summed E-state index contributed by atoms with van der Waals surface area (Å²) in [5.41, 5.74) is 0. The van der Waals surface area contributed by atoms with Crippen molar-refractivity contribution in [1.29, 1.82) is 0 Å². The molecule has 2 aliphatic rings. The van der Waals surface area contributed by atoms with Crippen LogP contribution in [0.25, 0.3) is 0 Å². The van der Waals surface area contributed by atoms with E-state index >= 15 is 0 Å². The fraction of sp³-hybridized carbons (Fsp3) is 0.952. The number of guanidine groups is 1. The molecule has 0 amide bonds. The zero-order chi connectivity index (χ0) is 19.5. The molecule has 2 saturated heterocycles. The van der Waals surface area contributed by atoms with Gasteiger partial charge in [0.15, 0.2) is 5.96 Å². The molecule has 2 heterocycles. The molecule has 6 nitrogen and oxygen atoms in total. The lowest BCUT2D eigenvalue weighted by molar-refractivity contribution is 0.00985. The van der Waals surface area contributed by atoms with Gasteiger partial charge in [0.25, 0.3) is 0 Å². The minimum atomic E-state index is 0.384. The van der Waals surface area contributed by atoms with Gasteiger partial charge in [-0.05, 0) is 57.5 Å². The molecule has 2 rings (SSSR count). The first kappa shape index (κ1) is 22.4. The third-order valence-electron chi connectivity index (χ3n) is 5.70. The molecule has 0 saturated carbocycles. The number of hydrogen-bond acceptors (Lipinski definition) is 4. The molecule has 158 valence electrons. The first-order valence-electron chi connectivity index (χ1n) is 10.9. The molecule has 0 aromatic heterocycles. The predicted molar refractivity (Wildman–Crippen MR) is 112 cm³/mol. The molecular formula is C21H42N4O2. The highest BCUT2D eigenvalue weighted by Crippen LogP contribution is 2.18. The summed E-state index contributed by atoms with van der Waals surface area (Å²) < 4.78 is 11.1. The summed E-state index contributed by atoms with van der Waals surface area (Å²) >= 11 is 0. The van der Waals surface area contributed by atoms with Crippen LogP contribution in [0, 0.1) is 5.92 Å². The first-order valence-corrected chi connectivity index (χ1v) is 10.9. The number of piperidine rings is 1. The van der Waals surface area contributed by atoms with Crippen LogP contribution >= 0.6 is 0 Å². The summed E-state index contributed by atoms with van der Waals surface area (Å²) in [7, 11) is 3.65. The van der Waals surface area contributed by atoms with Crippen molar-refractivity contribution < 1.29 is 9.47 Å². The Kier molecular flexibility index (Phi) is 10.5. The van der Waals surface area contributed by atoms with E-state index in [2.05, 4.69) is 34.0 Å². The van der Waals surface area contributed by atoms with Gasteiger partial charge in [0, 0.05) is 53.0 Å². The third kappa shape index (κ3) is 7.96. The zero-order valence-electron chi connectivity index (χ0n) is 18.1. The van der Waals surface area contributed by atoms with Crippen molar-refractivity contribution in [2.75, 3.05) is 60.1 Å². The van der Waals surface area contributed by atoms with Gasteiger partial charge < -0.3 is 19.7 Å². The standard InChI is InChI=1S/C21H42N4O2/c1-18(2)16-19(24-10-5-6-11-24)17-23-21(22-3)25-12-8-20(9-13-25)27-15-7-14-26-4/h18-20H,5-17H2,1-4H3,(H,22,23). The van der Waals surface area contributed by atoms with Crippen molar-refractivity contribution in [2.24, 2.45) is 10.9 Å². The van der Waals surface area contributed by atoms with Crippen molar-refractivity contribution in [3.05, 3.63) is 0 Å². The van der Waals surface area contributed by atoms with E-state index in [9.17, 15) is 0 Å². The van der Waals surface area contributed by atoms with Gasteiger partial charge in [-0.1, -0.05) is 13.8 Å². The minimum absolute atomic E-state index is 0.384. The second kappa shape index (κ2) is 12.6. The summed E-state index contributed by atoms with van der Waals surface area (Å²) in [4.78, 5) is 9.62. The Morgan fingerprint density at radius 3 is 2.41 bits per heavy atom. The second-order valence-electron chi connectivity index (χ2n) is 8.36. The normalized spacial score (nSPS) is 21.2. The van der Waals surface area contributed by atoms with E-state index in [1.54, 1.807) is 7.11 Å². The lowest BCUT2D eigenvalue weighted by atomic mass is 10.0. The van der Waals surface area contributed by atoms with Gasteiger partial charge in [-0.3, -0.25) is 9.89 Å². The van der Waals surface area contributed by atoms with Crippen LogP contribution < -0.4 is 5.32 Å². The van der Waals surface area contributed by atoms with Gasteiger partial charge in [-0.15, -0.1) is 0 Å². The quantitative estimate of drug-likeness (QED) is 0.358. The number of methoxy groups -OCH3 is 1. The van der Waals surface area contributed by atoms with Crippen LogP contribution in [-0.4, -0.2) is 88.0 Å². The maximum Gasteiger partial charge on any atom is 0.193 e. The van der Waals surface area contributed by atoms with E-state index in [0.29, 0.717) is 12.1 Å². The van der Waals surface area contributed by atoms with Crippen LogP contribution in [0.15, 0.2) is 4.99 Å². The van der Waals surface area contributed by atoms with Crippen molar-refractivity contribution in [3.63, 3.8) is 0 Å². The molecule has 0 radical (unpaired) electrons. The highest BCUT2D eigenvalue weighted by atomic mass is 16.5. The van der Waals surface area contributed by atoms with Gasteiger partial charge in [-0.25, -0.2) is 0 Å². The topological polar surface area (TPSA) is 49.3 Å². The number of likely N-dealkylation sites (tertiary alicyclic amines) is 2. The highest BCUT2D eigenvalue weighted by molar-refractivity contribution is 5.80. The van der Waals surface area contributed by atoms with E-state index in [0.717, 1.165) is 64.0 Å². The predicted octanol–water partition coefficient (Wildman–Crippen LogP) is 2.59. The number of rotatable bonds is 10. The molecule has 27 heavy (non-hydrogen) atoms. The van der Waals surface area contributed by atoms with Gasteiger partial charge in [-0.2, -0.15) is 0 Å². The Hall–Kier alpha value is -0.850. The fourth-order valence-corrected chi connectivity index (χ4v) is 4.24. The number of nitrogens with one attached hydrogen (secondary N) is 1. The molecule has 2 aliphatic heterocycles. The summed E-state index contributed by atoms with van der Waals surface area (Å²) in [6.07, 6.45) is 7.47. The van der Waals surface area contributed by atoms with E-state index < -0.39 is 0 Å². The van der Waals surface area contributed by atoms with Gasteiger partial charge >= 0.3 is 0 Å². The average Bonchev–Trinajstić information content (AvgIpc) is 3.20. The Balaban J connectivity index is 1.74. The monoisotopic (exact) mass is 382 g/mol. The Labute approximate surface area is 166 Å². The lowest BCUT2D eigenvalue weighted by Gasteiger charge is -2.36.